The number of carbonyl (C=O) groups excluding carboxylic acids is 1. The molecule has 146 valence electrons. The normalized spacial score (nSPS) is 14.6. The van der Waals surface area contributed by atoms with E-state index in [9.17, 15) is 17.6 Å². The molecule has 0 spiro atoms. The first kappa shape index (κ1) is 19.2. The van der Waals surface area contributed by atoms with Gasteiger partial charge in [-0.25, -0.2) is 4.39 Å². The lowest BCUT2D eigenvalue weighted by Crippen LogP contribution is -2.09. The quantitative estimate of drug-likeness (QED) is 0.436. The largest absolute Gasteiger partial charge is 0.452 e. The van der Waals surface area contributed by atoms with Gasteiger partial charge in [0, 0.05) is 16.7 Å². The third-order valence-corrected chi connectivity index (χ3v) is 5.65. The number of carbonyl (C=O) groups is 1. The van der Waals surface area contributed by atoms with E-state index >= 15 is 0 Å². The van der Waals surface area contributed by atoms with Gasteiger partial charge in [0.2, 0.25) is 5.78 Å². The van der Waals surface area contributed by atoms with Crippen LogP contribution in [0.25, 0.3) is 6.08 Å². The first-order chi connectivity index (χ1) is 13.8. The van der Waals surface area contributed by atoms with Crippen LogP contribution in [0.15, 0.2) is 77.4 Å². The van der Waals surface area contributed by atoms with Crippen LogP contribution in [0.3, 0.4) is 0 Å². The molecule has 0 aliphatic carbocycles. The van der Waals surface area contributed by atoms with Crippen molar-refractivity contribution in [3.63, 3.8) is 0 Å². The average molecular weight is 431 g/mol. The highest BCUT2D eigenvalue weighted by atomic mass is 35.5. The molecule has 0 saturated heterocycles. The minimum absolute atomic E-state index is 0.0290. The Kier molecular flexibility index (Phi) is 4.86. The predicted octanol–water partition coefficient (Wildman–Crippen LogP) is 4.86. The molecule has 1 aliphatic heterocycles. The summed E-state index contributed by atoms with van der Waals surface area (Å²) in [5.41, 5.74) is 0.425. The van der Waals surface area contributed by atoms with Crippen molar-refractivity contribution >= 4 is 33.6 Å². The van der Waals surface area contributed by atoms with Crippen LogP contribution in [0.5, 0.6) is 11.5 Å². The molecule has 0 saturated carbocycles. The van der Waals surface area contributed by atoms with Crippen molar-refractivity contribution in [1.82, 2.24) is 0 Å². The van der Waals surface area contributed by atoms with Crippen LogP contribution in [0.2, 0.25) is 5.02 Å². The van der Waals surface area contributed by atoms with E-state index in [1.54, 1.807) is 6.07 Å². The number of halogens is 2. The highest BCUT2D eigenvalue weighted by molar-refractivity contribution is 7.87. The number of ether oxygens (including phenoxy) is 1. The Morgan fingerprint density at radius 1 is 1.00 bits per heavy atom. The van der Waals surface area contributed by atoms with Crippen molar-refractivity contribution < 1.29 is 26.5 Å². The Morgan fingerprint density at radius 2 is 1.72 bits per heavy atom. The number of benzene rings is 3. The molecule has 1 aliphatic rings. The standard InChI is InChI=1S/C21H12ClFO5S/c22-14-5-8-16(9-6-14)29(25,26)28-15-7-10-17-19(12-15)27-20(21(17)24)11-13-3-1-2-4-18(13)23/h1-12H/b20-11-. The smallest absolute Gasteiger partial charge is 0.339 e. The molecule has 3 aromatic carbocycles. The van der Waals surface area contributed by atoms with Crippen LogP contribution in [-0.2, 0) is 10.1 Å². The van der Waals surface area contributed by atoms with Gasteiger partial charge in [-0.05, 0) is 48.5 Å². The minimum Gasteiger partial charge on any atom is -0.452 e. The second-order valence-corrected chi connectivity index (χ2v) is 8.09. The molecule has 5 nitrogen and oxygen atoms in total. The van der Waals surface area contributed by atoms with E-state index in [1.165, 1.54) is 66.7 Å². The van der Waals surface area contributed by atoms with Crippen molar-refractivity contribution in [3.05, 3.63) is 94.5 Å². The van der Waals surface area contributed by atoms with E-state index in [4.69, 9.17) is 20.5 Å². The van der Waals surface area contributed by atoms with E-state index in [0.29, 0.717) is 5.02 Å². The second kappa shape index (κ2) is 7.35. The Morgan fingerprint density at radius 3 is 2.45 bits per heavy atom. The lowest BCUT2D eigenvalue weighted by molar-refractivity contribution is 0.101. The SMILES string of the molecule is O=C1/C(=C/c2ccccc2F)Oc2cc(OS(=O)(=O)c3ccc(Cl)cc3)ccc21. The lowest BCUT2D eigenvalue weighted by Gasteiger charge is -2.08. The molecule has 0 N–H and O–H groups in total. The molecule has 8 heteroatoms. The molecule has 0 amide bonds. The number of ketones is 1. The number of rotatable bonds is 4. The van der Waals surface area contributed by atoms with Crippen molar-refractivity contribution in [2.75, 3.05) is 0 Å². The molecule has 0 radical (unpaired) electrons. The summed E-state index contributed by atoms with van der Waals surface area (Å²) in [6, 6.07) is 15.5. The maximum absolute atomic E-state index is 13.8. The maximum Gasteiger partial charge on any atom is 0.339 e. The van der Waals surface area contributed by atoms with Gasteiger partial charge in [-0.2, -0.15) is 8.42 Å². The highest BCUT2D eigenvalue weighted by Crippen LogP contribution is 2.35. The van der Waals surface area contributed by atoms with Crippen LogP contribution in [-0.4, -0.2) is 14.2 Å². The van der Waals surface area contributed by atoms with Crippen molar-refractivity contribution in [1.29, 1.82) is 0 Å². The monoisotopic (exact) mass is 430 g/mol. The Balaban J connectivity index is 1.61. The molecule has 0 bridgehead atoms. The molecular weight excluding hydrogens is 419 g/mol. The second-order valence-electron chi connectivity index (χ2n) is 6.11. The fourth-order valence-corrected chi connectivity index (χ4v) is 3.78. The van der Waals surface area contributed by atoms with Gasteiger partial charge < -0.3 is 8.92 Å². The van der Waals surface area contributed by atoms with E-state index < -0.39 is 21.7 Å². The molecule has 0 atom stereocenters. The number of hydrogen-bond donors (Lipinski definition) is 0. The lowest BCUT2D eigenvalue weighted by atomic mass is 10.1. The van der Waals surface area contributed by atoms with Gasteiger partial charge in [-0.1, -0.05) is 29.8 Å². The summed E-state index contributed by atoms with van der Waals surface area (Å²) in [6.45, 7) is 0. The number of allylic oxidation sites excluding steroid dienone is 1. The van der Waals surface area contributed by atoms with E-state index in [1.807, 2.05) is 0 Å². The van der Waals surface area contributed by atoms with Crippen LogP contribution in [0, 0.1) is 5.82 Å². The first-order valence-corrected chi connectivity index (χ1v) is 10.1. The summed E-state index contributed by atoms with van der Waals surface area (Å²) in [7, 11) is -4.09. The first-order valence-electron chi connectivity index (χ1n) is 8.36. The molecule has 0 fully saturated rings. The fraction of sp³-hybridized carbons (Fsp3) is 0. The third kappa shape index (κ3) is 3.87. The van der Waals surface area contributed by atoms with Crippen LogP contribution in [0.1, 0.15) is 15.9 Å². The van der Waals surface area contributed by atoms with Gasteiger partial charge >= 0.3 is 10.1 Å². The van der Waals surface area contributed by atoms with Crippen molar-refractivity contribution in [3.8, 4) is 11.5 Å². The van der Waals surface area contributed by atoms with Gasteiger partial charge in [-0.15, -0.1) is 0 Å². The van der Waals surface area contributed by atoms with E-state index in [-0.39, 0.29) is 33.3 Å². The average Bonchev–Trinajstić information content (AvgIpc) is 2.98. The molecule has 1 heterocycles. The molecule has 4 rings (SSSR count). The Bertz CT molecular complexity index is 1250. The van der Waals surface area contributed by atoms with E-state index in [0.717, 1.165) is 0 Å². The Hall–Kier alpha value is -3.16. The van der Waals surface area contributed by atoms with Gasteiger partial charge in [0.05, 0.1) is 5.56 Å². The zero-order chi connectivity index (χ0) is 20.6. The Labute approximate surface area is 171 Å². The topological polar surface area (TPSA) is 69.7 Å². The zero-order valence-electron chi connectivity index (χ0n) is 14.6. The fourth-order valence-electron chi connectivity index (χ4n) is 2.73. The van der Waals surface area contributed by atoms with E-state index in [2.05, 4.69) is 0 Å². The van der Waals surface area contributed by atoms with Crippen molar-refractivity contribution in [2.45, 2.75) is 4.90 Å². The maximum atomic E-state index is 13.8. The van der Waals surface area contributed by atoms with Gasteiger partial charge in [0.25, 0.3) is 0 Å². The summed E-state index contributed by atoms with van der Waals surface area (Å²) in [5, 5.41) is 0.391. The van der Waals surface area contributed by atoms with Gasteiger partial charge in [-0.3, -0.25) is 4.79 Å². The van der Waals surface area contributed by atoms with Crippen LogP contribution >= 0.6 is 11.6 Å². The van der Waals surface area contributed by atoms with Crippen LogP contribution in [0.4, 0.5) is 4.39 Å². The summed E-state index contributed by atoms with van der Waals surface area (Å²) in [4.78, 5) is 12.4. The third-order valence-electron chi connectivity index (χ3n) is 4.14. The number of fused-ring (bicyclic) bond motifs is 1. The van der Waals surface area contributed by atoms with Gasteiger partial charge in [0.1, 0.15) is 22.2 Å². The van der Waals surface area contributed by atoms with Crippen LogP contribution < -0.4 is 8.92 Å². The number of hydrogen-bond acceptors (Lipinski definition) is 5. The predicted molar refractivity (Wildman–Crippen MR) is 105 cm³/mol. The molecule has 0 aromatic heterocycles. The zero-order valence-corrected chi connectivity index (χ0v) is 16.2. The molecule has 3 aromatic rings. The molecule has 29 heavy (non-hydrogen) atoms. The minimum atomic E-state index is -4.09. The summed E-state index contributed by atoms with van der Waals surface area (Å²) >= 11 is 5.77. The summed E-state index contributed by atoms with van der Waals surface area (Å²) in [6.07, 6.45) is 1.29. The summed E-state index contributed by atoms with van der Waals surface area (Å²) in [5.74, 6) is -0.899. The number of Topliss-reactive ketones (excluding diaryl/α,β-unsaturated/α-hetero) is 1. The molecule has 0 unspecified atom stereocenters. The summed E-state index contributed by atoms with van der Waals surface area (Å²) < 4.78 is 49.2. The molecular formula is C21H12ClFO5S. The van der Waals surface area contributed by atoms with Gasteiger partial charge in [0.15, 0.2) is 5.76 Å². The highest BCUT2D eigenvalue weighted by Gasteiger charge is 2.29. The van der Waals surface area contributed by atoms with Crippen molar-refractivity contribution in [2.24, 2.45) is 0 Å².